The highest BCUT2D eigenvalue weighted by molar-refractivity contribution is 5.42. The number of anilines is 1. The number of aromatic nitrogens is 1. The quantitative estimate of drug-likeness (QED) is 0.692. The molecular weight excluding hydrogens is 162 g/mol. The normalized spacial score (nSPS) is 10.0. The van der Waals surface area contributed by atoms with E-state index in [0.717, 1.165) is 25.9 Å². The van der Waals surface area contributed by atoms with Gasteiger partial charge in [0.1, 0.15) is 0 Å². The summed E-state index contributed by atoms with van der Waals surface area (Å²) in [4.78, 5) is 6.26. The number of nitrogens with zero attached hydrogens (tertiary/aromatic N) is 2. The van der Waals surface area contributed by atoms with Crippen molar-refractivity contribution in [3.05, 3.63) is 24.5 Å². The van der Waals surface area contributed by atoms with Crippen molar-refractivity contribution in [3.8, 4) is 0 Å². The van der Waals surface area contributed by atoms with Crippen molar-refractivity contribution < 1.29 is 0 Å². The van der Waals surface area contributed by atoms with Crippen LogP contribution in [0.1, 0.15) is 12.8 Å². The van der Waals surface area contributed by atoms with Crippen LogP contribution in [0.4, 0.5) is 5.69 Å². The molecule has 0 aliphatic carbocycles. The molecule has 0 unspecified atom stereocenters. The summed E-state index contributed by atoms with van der Waals surface area (Å²) in [6.45, 7) is 1.82. The predicted octanol–water partition coefficient (Wildman–Crippen LogP) is 1.26. The summed E-state index contributed by atoms with van der Waals surface area (Å²) < 4.78 is 0. The van der Waals surface area contributed by atoms with Gasteiger partial charge in [0.25, 0.3) is 0 Å². The average Bonchev–Trinajstić information content (AvgIpc) is 2.19. The van der Waals surface area contributed by atoms with Crippen LogP contribution >= 0.6 is 0 Å². The molecule has 1 aromatic rings. The van der Waals surface area contributed by atoms with Crippen molar-refractivity contribution >= 4 is 5.69 Å². The zero-order valence-corrected chi connectivity index (χ0v) is 8.11. The molecule has 1 rings (SSSR count). The molecule has 1 heterocycles. The molecule has 0 fully saturated rings. The summed E-state index contributed by atoms with van der Waals surface area (Å²) in [6, 6.07) is 4.02. The molecule has 0 amide bonds. The van der Waals surface area contributed by atoms with Crippen molar-refractivity contribution in [2.75, 3.05) is 25.0 Å². The van der Waals surface area contributed by atoms with E-state index in [1.165, 1.54) is 5.69 Å². The molecule has 2 N–H and O–H groups in total. The van der Waals surface area contributed by atoms with Crippen LogP contribution in [-0.4, -0.2) is 25.1 Å². The van der Waals surface area contributed by atoms with Crippen molar-refractivity contribution in [1.82, 2.24) is 4.98 Å². The summed E-state index contributed by atoms with van der Waals surface area (Å²) in [5, 5.41) is 0. The van der Waals surface area contributed by atoms with E-state index in [9.17, 15) is 0 Å². The van der Waals surface area contributed by atoms with Crippen molar-refractivity contribution in [1.29, 1.82) is 0 Å². The maximum atomic E-state index is 5.42. The third-order valence-corrected chi connectivity index (χ3v) is 2.03. The van der Waals surface area contributed by atoms with Crippen LogP contribution < -0.4 is 10.6 Å². The van der Waals surface area contributed by atoms with Gasteiger partial charge >= 0.3 is 0 Å². The molecule has 1 aromatic heterocycles. The third kappa shape index (κ3) is 3.42. The first kappa shape index (κ1) is 9.99. The Morgan fingerprint density at radius 1 is 1.46 bits per heavy atom. The Balaban J connectivity index is 2.35. The van der Waals surface area contributed by atoms with E-state index in [2.05, 4.69) is 23.0 Å². The van der Waals surface area contributed by atoms with Gasteiger partial charge in [0.2, 0.25) is 0 Å². The second-order valence-corrected chi connectivity index (χ2v) is 3.13. The SMILES string of the molecule is CN(CCCCN)c1cccnc1. The molecule has 13 heavy (non-hydrogen) atoms. The lowest BCUT2D eigenvalue weighted by atomic mass is 10.3. The highest BCUT2D eigenvalue weighted by atomic mass is 15.1. The van der Waals surface area contributed by atoms with Gasteiger partial charge in [-0.25, -0.2) is 0 Å². The molecule has 0 aliphatic heterocycles. The Morgan fingerprint density at radius 2 is 2.31 bits per heavy atom. The molecule has 0 aromatic carbocycles. The number of pyridine rings is 1. The fourth-order valence-electron chi connectivity index (χ4n) is 1.20. The minimum atomic E-state index is 0.779. The van der Waals surface area contributed by atoms with E-state index in [4.69, 9.17) is 5.73 Å². The van der Waals surface area contributed by atoms with Gasteiger partial charge < -0.3 is 10.6 Å². The molecule has 0 bridgehead atoms. The maximum Gasteiger partial charge on any atom is 0.0550 e. The first-order chi connectivity index (χ1) is 6.34. The van der Waals surface area contributed by atoms with Gasteiger partial charge in [-0.3, -0.25) is 4.98 Å². The molecule has 3 heteroatoms. The summed E-state index contributed by atoms with van der Waals surface area (Å²) in [5.74, 6) is 0. The molecule has 0 atom stereocenters. The van der Waals surface area contributed by atoms with Crippen LogP contribution in [0.25, 0.3) is 0 Å². The van der Waals surface area contributed by atoms with E-state index in [-0.39, 0.29) is 0 Å². The Hall–Kier alpha value is -1.09. The summed E-state index contributed by atoms with van der Waals surface area (Å²) >= 11 is 0. The van der Waals surface area contributed by atoms with Gasteiger partial charge in [0.05, 0.1) is 11.9 Å². The second kappa shape index (κ2) is 5.54. The summed E-state index contributed by atoms with van der Waals surface area (Å²) in [5.41, 5.74) is 6.59. The lowest BCUT2D eigenvalue weighted by molar-refractivity contribution is 0.727. The Labute approximate surface area is 79.6 Å². The van der Waals surface area contributed by atoms with Crippen LogP contribution in [0.3, 0.4) is 0 Å². The van der Waals surface area contributed by atoms with Crippen LogP contribution in [-0.2, 0) is 0 Å². The van der Waals surface area contributed by atoms with Crippen LogP contribution in [0.15, 0.2) is 24.5 Å². The number of unbranched alkanes of at least 4 members (excludes halogenated alkanes) is 1. The zero-order valence-electron chi connectivity index (χ0n) is 8.11. The fraction of sp³-hybridized carbons (Fsp3) is 0.500. The number of rotatable bonds is 5. The van der Waals surface area contributed by atoms with Crippen LogP contribution in [0.2, 0.25) is 0 Å². The van der Waals surface area contributed by atoms with Crippen LogP contribution in [0, 0.1) is 0 Å². The standard InChI is InChI=1S/C10H17N3/c1-13(8-3-2-6-11)10-5-4-7-12-9-10/h4-5,7,9H,2-3,6,8,11H2,1H3. The van der Waals surface area contributed by atoms with E-state index < -0.39 is 0 Å². The fourth-order valence-corrected chi connectivity index (χ4v) is 1.20. The Kier molecular flexibility index (Phi) is 4.26. The number of nitrogens with two attached hydrogens (primary N) is 1. The van der Waals surface area contributed by atoms with E-state index in [0.29, 0.717) is 0 Å². The van der Waals surface area contributed by atoms with Gasteiger partial charge in [0.15, 0.2) is 0 Å². The molecule has 0 radical (unpaired) electrons. The highest BCUT2D eigenvalue weighted by Crippen LogP contribution is 2.09. The molecular formula is C10H17N3. The molecule has 72 valence electrons. The third-order valence-electron chi connectivity index (χ3n) is 2.03. The van der Waals surface area contributed by atoms with E-state index in [1.807, 2.05) is 12.3 Å². The topological polar surface area (TPSA) is 42.1 Å². The second-order valence-electron chi connectivity index (χ2n) is 3.13. The largest absolute Gasteiger partial charge is 0.373 e. The minimum absolute atomic E-state index is 0.779. The lowest BCUT2D eigenvalue weighted by Gasteiger charge is -2.18. The highest BCUT2D eigenvalue weighted by Gasteiger charge is 1.98. The molecule has 0 saturated heterocycles. The number of hydrogen-bond donors (Lipinski definition) is 1. The molecule has 0 spiro atoms. The summed E-state index contributed by atoms with van der Waals surface area (Å²) in [6.07, 6.45) is 5.90. The average molecular weight is 179 g/mol. The van der Waals surface area contributed by atoms with Crippen LogP contribution in [0.5, 0.6) is 0 Å². The maximum absolute atomic E-state index is 5.42. The van der Waals surface area contributed by atoms with Gasteiger partial charge in [-0.15, -0.1) is 0 Å². The first-order valence-corrected chi connectivity index (χ1v) is 4.66. The smallest absolute Gasteiger partial charge is 0.0550 e. The monoisotopic (exact) mass is 179 g/mol. The predicted molar refractivity (Wildman–Crippen MR) is 55.8 cm³/mol. The molecule has 0 aliphatic rings. The van der Waals surface area contributed by atoms with Gasteiger partial charge in [-0.1, -0.05) is 0 Å². The Bertz CT molecular complexity index is 223. The van der Waals surface area contributed by atoms with Gasteiger partial charge in [0, 0.05) is 19.8 Å². The summed E-state index contributed by atoms with van der Waals surface area (Å²) in [7, 11) is 2.08. The lowest BCUT2D eigenvalue weighted by Crippen LogP contribution is -2.19. The van der Waals surface area contributed by atoms with Gasteiger partial charge in [-0.05, 0) is 31.5 Å². The molecule has 3 nitrogen and oxygen atoms in total. The van der Waals surface area contributed by atoms with E-state index in [1.54, 1.807) is 6.20 Å². The zero-order chi connectivity index (χ0) is 9.52. The first-order valence-electron chi connectivity index (χ1n) is 4.66. The van der Waals surface area contributed by atoms with Gasteiger partial charge in [-0.2, -0.15) is 0 Å². The van der Waals surface area contributed by atoms with E-state index >= 15 is 0 Å². The molecule has 0 saturated carbocycles. The van der Waals surface area contributed by atoms with Crippen molar-refractivity contribution in [2.45, 2.75) is 12.8 Å². The van der Waals surface area contributed by atoms with Crippen molar-refractivity contribution in [2.24, 2.45) is 5.73 Å². The van der Waals surface area contributed by atoms with Crippen molar-refractivity contribution in [3.63, 3.8) is 0 Å². The Morgan fingerprint density at radius 3 is 2.92 bits per heavy atom. The number of hydrogen-bond acceptors (Lipinski definition) is 3. The minimum Gasteiger partial charge on any atom is -0.373 e.